The summed E-state index contributed by atoms with van der Waals surface area (Å²) in [5, 5.41) is 16.9. The summed E-state index contributed by atoms with van der Waals surface area (Å²) in [6.07, 6.45) is 1.98. The Morgan fingerprint density at radius 3 is 2.61 bits per heavy atom. The second kappa shape index (κ2) is 10.5. The summed E-state index contributed by atoms with van der Waals surface area (Å²) in [6, 6.07) is 7.81. The molecule has 1 aromatic heterocycles. The van der Waals surface area contributed by atoms with Crippen LogP contribution in [0.1, 0.15) is 47.7 Å². The topological polar surface area (TPSA) is 138 Å². The highest BCUT2D eigenvalue weighted by molar-refractivity contribution is 8.00. The van der Waals surface area contributed by atoms with Crippen LogP contribution in [0.15, 0.2) is 44.3 Å². The molecule has 2 aromatic carbocycles. The van der Waals surface area contributed by atoms with Crippen LogP contribution in [0.4, 0.5) is 17.1 Å². The van der Waals surface area contributed by atoms with Gasteiger partial charge in [-0.05, 0) is 49.8 Å². The van der Waals surface area contributed by atoms with Gasteiger partial charge in [-0.2, -0.15) is 11.8 Å². The Bertz CT molecular complexity index is 1350. The maximum absolute atomic E-state index is 12.7. The zero-order chi connectivity index (χ0) is 26.0. The molecule has 2 atom stereocenters. The first-order valence-electron chi connectivity index (χ1n) is 11.4. The van der Waals surface area contributed by atoms with Gasteiger partial charge in [0.05, 0.1) is 17.3 Å². The van der Waals surface area contributed by atoms with Crippen molar-refractivity contribution in [3.05, 3.63) is 67.9 Å². The van der Waals surface area contributed by atoms with Crippen molar-refractivity contribution in [1.82, 2.24) is 4.90 Å². The number of ether oxygens (including phenoxy) is 1. The van der Waals surface area contributed by atoms with Gasteiger partial charge in [-0.15, -0.1) is 0 Å². The Labute approximate surface area is 211 Å². The molecule has 3 aromatic rings. The predicted octanol–water partition coefficient (Wildman–Crippen LogP) is 3.27. The number of rotatable bonds is 9. The Morgan fingerprint density at radius 2 is 1.97 bits per heavy atom. The Morgan fingerprint density at radius 1 is 1.22 bits per heavy atom. The van der Waals surface area contributed by atoms with Gasteiger partial charge >= 0.3 is 5.97 Å². The van der Waals surface area contributed by atoms with Crippen LogP contribution < -0.4 is 21.5 Å². The number of nitrogens with zero attached hydrogens (tertiary/aromatic N) is 1. The largest absolute Gasteiger partial charge is 0.505 e. The number of hydrogen-bond acceptors (Lipinski definition) is 10. The number of carbonyl (C=O) groups excluding carboxylic acids is 2. The number of esters is 1. The molecular weight excluding hydrogens is 486 g/mol. The average Bonchev–Trinajstić information content (AvgIpc) is 3.54. The number of carbonyl (C=O) groups is 2. The normalized spacial score (nSPS) is 16.0. The highest BCUT2D eigenvalue weighted by Crippen LogP contribution is 2.40. The smallest absolute Gasteiger partial charge is 0.304 e. The monoisotopic (exact) mass is 513 g/mol. The van der Waals surface area contributed by atoms with Crippen LogP contribution in [-0.2, 0) is 9.53 Å². The van der Waals surface area contributed by atoms with Crippen molar-refractivity contribution in [1.29, 1.82) is 0 Å². The van der Waals surface area contributed by atoms with Crippen LogP contribution in [0.3, 0.4) is 0 Å². The van der Waals surface area contributed by atoms with Gasteiger partial charge in [-0.1, -0.05) is 6.07 Å². The zero-order valence-electron chi connectivity index (χ0n) is 20.1. The van der Waals surface area contributed by atoms with Crippen molar-refractivity contribution in [2.45, 2.75) is 38.0 Å². The molecule has 0 bridgehead atoms. The molecular formula is C25H27N3O7S. The lowest BCUT2D eigenvalue weighted by molar-refractivity contribution is -0.144. The van der Waals surface area contributed by atoms with Gasteiger partial charge in [0.15, 0.2) is 12.5 Å². The number of amides is 1. The van der Waals surface area contributed by atoms with Gasteiger partial charge in [0.2, 0.25) is 0 Å². The number of thioether (sulfide) groups is 1. The van der Waals surface area contributed by atoms with Crippen molar-refractivity contribution in [3.8, 4) is 5.75 Å². The fourth-order valence-corrected chi connectivity index (χ4v) is 5.41. The highest BCUT2D eigenvalue weighted by atomic mass is 32.2. The van der Waals surface area contributed by atoms with Crippen LogP contribution in [0.25, 0.3) is 0 Å². The maximum Gasteiger partial charge on any atom is 0.304 e. The van der Waals surface area contributed by atoms with E-state index >= 15 is 0 Å². The molecule has 2 heterocycles. The van der Waals surface area contributed by atoms with Gasteiger partial charge in [-0.25, -0.2) is 0 Å². The van der Waals surface area contributed by atoms with E-state index in [1.165, 1.54) is 32.2 Å². The molecule has 1 unspecified atom stereocenters. The Kier molecular flexibility index (Phi) is 7.39. The number of nitrogens with one attached hydrogen (secondary N) is 2. The minimum absolute atomic E-state index is 0.00411. The van der Waals surface area contributed by atoms with E-state index in [0.29, 0.717) is 5.76 Å². The molecule has 36 heavy (non-hydrogen) atoms. The van der Waals surface area contributed by atoms with E-state index in [9.17, 15) is 24.3 Å². The number of phenolic OH excluding ortho intramolecular Hbond substituents is 1. The molecule has 190 valence electrons. The van der Waals surface area contributed by atoms with Crippen molar-refractivity contribution >= 4 is 40.7 Å². The fourth-order valence-electron chi connectivity index (χ4n) is 4.04. The number of aromatic hydroxyl groups is 1. The lowest BCUT2D eigenvalue weighted by Gasteiger charge is -2.25. The fraction of sp³-hybridized carbons (Fsp3) is 0.360. The lowest BCUT2D eigenvalue weighted by atomic mass is 10.0. The van der Waals surface area contributed by atoms with E-state index in [1.54, 1.807) is 11.8 Å². The van der Waals surface area contributed by atoms with Gasteiger partial charge in [-0.3, -0.25) is 19.2 Å². The molecule has 1 aliphatic heterocycles. The summed E-state index contributed by atoms with van der Waals surface area (Å²) in [6.45, 7) is 2.78. The predicted molar refractivity (Wildman–Crippen MR) is 137 cm³/mol. The zero-order valence-corrected chi connectivity index (χ0v) is 20.9. The highest BCUT2D eigenvalue weighted by Gasteiger charge is 2.33. The molecule has 4 rings (SSSR count). The van der Waals surface area contributed by atoms with Gasteiger partial charge < -0.3 is 29.8 Å². The summed E-state index contributed by atoms with van der Waals surface area (Å²) < 4.78 is 10.7. The third-order valence-corrected chi connectivity index (χ3v) is 7.41. The first-order valence-corrected chi connectivity index (χ1v) is 12.5. The van der Waals surface area contributed by atoms with E-state index in [-0.39, 0.29) is 40.6 Å². The molecule has 3 N–H and O–H groups in total. The first-order chi connectivity index (χ1) is 17.2. The van der Waals surface area contributed by atoms with Crippen molar-refractivity contribution in [3.63, 3.8) is 0 Å². The minimum atomic E-state index is -0.728. The van der Waals surface area contributed by atoms with E-state index in [4.69, 9.17) is 9.15 Å². The van der Waals surface area contributed by atoms with Gasteiger partial charge in [0, 0.05) is 19.2 Å². The van der Waals surface area contributed by atoms with Crippen molar-refractivity contribution in [2.24, 2.45) is 0 Å². The van der Waals surface area contributed by atoms with Crippen molar-refractivity contribution in [2.75, 3.05) is 30.2 Å². The van der Waals surface area contributed by atoms with Gasteiger partial charge in [0.25, 0.3) is 16.8 Å². The number of furan rings is 1. The molecule has 11 heteroatoms. The van der Waals surface area contributed by atoms with Gasteiger partial charge in [0.1, 0.15) is 22.9 Å². The first kappa shape index (κ1) is 25.4. The molecule has 10 nitrogen and oxygen atoms in total. The molecule has 1 amide bonds. The summed E-state index contributed by atoms with van der Waals surface area (Å²) in [7, 11) is 1.42. The van der Waals surface area contributed by atoms with Crippen LogP contribution in [-0.4, -0.2) is 46.7 Å². The maximum atomic E-state index is 12.7. The lowest BCUT2D eigenvalue weighted by Crippen LogP contribution is -2.38. The van der Waals surface area contributed by atoms with E-state index in [2.05, 4.69) is 10.6 Å². The average molecular weight is 514 g/mol. The molecule has 1 fully saturated rings. The van der Waals surface area contributed by atoms with E-state index in [1.807, 2.05) is 19.1 Å². The van der Waals surface area contributed by atoms with E-state index < -0.39 is 28.5 Å². The second-order valence-corrected chi connectivity index (χ2v) is 9.97. The number of benzene rings is 1. The molecule has 1 saturated heterocycles. The number of para-hydroxylation sites is 1. The molecule has 0 saturated carbocycles. The van der Waals surface area contributed by atoms with Crippen LogP contribution in [0.5, 0.6) is 5.75 Å². The SMILES string of the molecule is CC(=O)OCN(C)C(=O)c1cccc(Nc2c(N[C@@H](c3ccc(C)o3)C3CCCS3)c(=O)c2=O)c1O. The Balaban J connectivity index is 1.58. The molecule has 0 spiro atoms. The Hall–Kier alpha value is -3.73. The minimum Gasteiger partial charge on any atom is -0.505 e. The van der Waals surface area contributed by atoms with Crippen LogP contribution in [0.2, 0.25) is 0 Å². The third-order valence-electron chi connectivity index (χ3n) is 5.95. The number of anilines is 3. The quantitative estimate of drug-likeness (QED) is 0.169. The summed E-state index contributed by atoms with van der Waals surface area (Å²) in [4.78, 5) is 49.9. The molecule has 0 aliphatic carbocycles. The number of hydrogen-bond donors (Lipinski definition) is 3. The molecule has 0 radical (unpaired) electrons. The van der Waals surface area contributed by atoms with Crippen molar-refractivity contribution < 1.29 is 23.8 Å². The van der Waals surface area contributed by atoms with Crippen LogP contribution in [0, 0.1) is 6.92 Å². The molecule has 1 aliphatic rings. The van der Waals surface area contributed by atoms with Crippen LogP contribution >= 0.6 is 11.8 Å². The number of aryl methyl sites for hydroxylation is 1. The number of phenols is 1. The third kappa shape index (κ3) is 5.11. The summed E-state index contributed by atoms with van der Waals surface area (Å²) >= 11 is 1.78. The summed E-state index contributed by atoms with van der Waals surface area (Å²) in [5.74, 6) is 0.881. The summed E-state index contributed by atoms with van der Waals surface area (Å²) in [5.41, 5.74) is -1.26. The van der Waals surface area contributed by atoms with E-state index in [0.717, 1.165) is 29.3 Å². The standard InChI is InChI=1S/C25H27N3O7S/c1-13-9-10-17(35-13)19(18-8-5-11-36-18)27-21-20(23(31)24(21)32)26-16-7-4-6-15(22(16)30)25(33)28(3)12-34-14(2)29/h4,6-7,9-10,18-19,26-27,30H,5,8,11-12H2,1-3H3/t18?,19-/m0/s1. The second-order valence-electron chi connectivity index (χ2n) is 8.63.